The van der Waals surface area contributed by atoms with Crippen LogP contribution in [0.25, 0.3) is 115 Å². The van der Waals surface area contributed by atoms with Gasteiger partial charge in [0.1, 0.15) is 5.82 Å². The van der Waals surface area contributed by atoms with Gasteiger partial charge < -0.3 is 0 Å². The predicted octanol–water partition coefficient (Wildman–Crippen LogP) is 14.9. The van der Waals surface area contributed by atoms with Crippen LogP contribution in [0.4, 0.5) is 0 Å². The summed E-state index contributed by atoms with van der Waals surface area (Å²) >= 11 is 0. The Bertz CT molecular complexity index is 3560. The van der Waals surface area contributed by atoms with Crippen molar-refractivity contribution in [1.82, 2.24) is 9.55 Å². The minimum absolute atomic E-state index is 0.935. The van der Waals surface area contributed by atoms with Crippen molar-refractivity contribution in [1.29, 1.82) is 0 Å². The van der Waals surface area contributed by atoms with Crippen LogP contribution in [-0.2, 0) is 0 Å². The van der Waals surface area contributed by atoms with E-state index in [1.165, 1.54) is 86.9 Å². The number of imidazole rings is 1. The third kappa shape index (κ3) is 4.81. The number of nitrogens with zero attached hydrogens (tertiary/aromatic N) is 2. The van der Waals surface area contributed by atoms with E-state index in [-0.39, 0.29) is 0 Å². The van der Waals surface area contributed by atoms with Crippen LogP contribution in [0.15, 0.2) is 206 Å². The van der Waals surface area contributed by atoms with E-state index >= 15 is 0 Å². The molecule has 1 aromatic heterocycles. The highest BCUT2D eigenvalue weighted by atomic mass is 15.1. The van der Waals surface area contributed by atoms with Gasteiger partial charge in [-0.3, -0.25) is 4.57 Å². The molecule has 0 unspecified atom stereocenters. The van der Waals surface area contributed by atoms with Gasteiger partial charge in [0.05, 0.1) is 11.0 Å². The number of hydrogen-bond donors (Lipinski definition) is 0. The quantitative estimate of drug-likeness (QED) is 0.165. The summed E-state index contributed by atoms with van der Waals surface area (Å²) < 4.78 is 2.26. The molecule has 0 aliphatic carbocycles. The van der Waals surface area contributed by atoms with Crippen LogP contribution >= 0.6 is 0 Å². The van der Waals surface area contributed by atoms with Crippen molar-refractivity contribution in [3.63, 3.8) is 0 Å². The van der Waals surface area contributed by atoms with Crippen molar-refractivity contribution in [2.45, 2.75) is 0 Å². The molecule has 0 amide bonds. The lowest BCUT2D eigenvalue weighted by Crippen LogP contribution is -1.97. The van der Waals surface area contributed by atoms with E-state index < -0.39 is 0 Å². The molecule has 264 valence electrons. The Morgan fingerprint density at radius 1 is 0.298 bits per heavy atom. The normalized spacial score (nSPS) is 11.9. The summed E-state index contributed by atoms with van der Waals surface area (Å²) in [6, 6.07) is 75.3. The molecule has 0 saturated carbocycles. The molecule has 0 radical (unpaired) electrons. The fourth-order valence-corrected chi connectivity index (χ4v) is 9.47. The second kappa shape index (κ2) is 12.5. The summed E-state index contributed by atoms with van der Waals surface area (Å²) in [5, 5.41) is 15.3. The molecule has 0 spiro atoms. The van der Waals surface area contributed by atoms with Gasteiger partial charge in [-0.25, -0.2) is 4.98 Å². The third-order valence-electron chi connectivity index (χ3n) is 12.0. The summed E-state index contributed by atoms with van der Waals surface area (Å²) in [5.41, 5.74) is 9.11. The average molecular weight is 723 g/mol. The molecule has 0 N–H and O–H groups in total. The molecule has 12 rings (SSSR count). The first kappa shape index (κ1) is 31.8. The van der Waals surface area contributed by atoms with Gasteiger partial charge in [-0.2, -0.15) is 0 Å². The van der Waals surface area contributed by atoms with E-state index in [9.17, 15) is 0 Å². The van der Waals surface area contributed by atoms with Crippen molar-refractivity contribution in [2.75, 3.05) is 0 Å². The Kier molecular flexibility index (Phi) is 6.96. The number of aromatic nitrogens is 2. The fourth-order valence-electron chi connectivity index (χ4n) is 9.47. The van der Waals surface area contributed by atoms with Crippen LogP contribution in [-0.4, -0.2) is 9.55 Å². The lowest BCUT2D eigenvalue weighted by atomic mass is 9.86. The van der Waals surface area contributed by atoms with Crippen LogP contribution in [0, 0.1) is 0 Å². The Labute approximate surface area is 329 Å². The fraction of sp³-hybridized carbons (Fsp3) is 0. The first-order chi connectivity index (χ1) is 28.3. The zero-order valence-electron chi connectivity index (χ0n) is 31.0. The summed E-state index contributed by atoms with van der Waals surface area (Å²) in [7, 11) is 0. The first-order valence-electron chi connectivity index (χ1n) is 19.6. The van der Waals surface area contributed by atoms with Crippen molar-refractivity contribution >= 4 is 75.7 Å². The Balaban J connectivity index is 1.08. The Morgan fingerprint density at radius 3 is 1.54 bits per heavy atom. The van der Waals surface area contributed by atoms with Gasteiger partial charge in [0.2, 0.25) is 0 Å². The van der Waals surface area contributed by atoms with Crippen molar-refractivity contribution in [2.24, 2.45) is 0 Å². The standard InChI is InChI=1S/C55H34N2/c1-2-15-39(16-3-1)57-51-26-9-8-25-50(51)56-55(57)38-31-27-35(28-32-38)40-33-34-44(42-18-5-4-17-41(40)42)47-23-12-24-49-48-22-11-14-37-30-29-36-13-10-21-45(52(36)53(37)48)43-19-6-7-20-46(43)54(47)49/h1-34H. The van der Waals surface area contributed by atoms with E-state index in [0.717, 1.165) is 28.1 Å². The SMILES string of the molecule is c1ccc(-n2c(-c3ccc(-c4ccc(-c5cccc6c7cccc8ccc9cccc(c%10ccccc%10c56)c9c87)c5ccccc45)cc3)nc3ccccc32)cc1. The molecule has 1 heterocycles. The molecule has 12 aromatic rings. The summed E-state index contributed by atoms with van der Waals surface area (Å²) in [6.07, 6.45) is 0. The summed E-state index contributed by atoms with van der Waals surface area (Å²) in [4.78, 5) is 5.12. The molecule has 0 atom stereocenters. The van der Waals surface area contributed by atoms with Crippen LogP contribution in [0.5, 0.6) is 0 Å². The number of para-hydroxylation sites is 3. The maximum absolute atomic E-state index is 5.12. The number of benzene rings is 10. The summed E-state index contributed by atoms with van der Waals surface area (Å²) in [6.45, 7) is 0. The largest absolute Gasteiger partial charge is 0.292 e. The summed E-state index contributed by atoms with van der Waals surface area (Å²) in [5.74, 6) is 0.935. The van der Waals surface area contributed by atoms with Gasteiger partial charge in [-0.1, -0.05) is 182 Å². The molecule has 2 nitrogen and oxygen atoms in total. The minimum Gasteiger partial charge on any atom is -0.292 e. The topological polar surface area (TPSA) is 17.8 Å². The maximum atomic E-state index is 5.12. The molecule has 0 saturated heterocycles. The Morgan fingerprint density at radius 2 is 0.807 bits per heavy atom. The van der Waals surface area contributed by atoms with Gasteiger partial charge in [0.25, 0.3) is 0 Å². The van der Waals surface area contributed by atoms with E-state index in [0.29, 0.717) is 0 Å². The molecular weight excluding hydrogens is 689 g/mol. The molecule has 0 aliphatic heterocycles. The van der Waals surface area contributed by atoms with Gasteiger partial charge in [-0.05, 0) is 111 Å². The highest BCUT2D eigenvalue weighted by Crippen LogP contribution is 2.45. The van der Waals surface area contributed by atoms with Crippen molar-refractivity contribution in [3.05, 3.63) is 206 Å². The van der Waals surface area contributed by atoms with E-state index in [2.05, 4.69) is 211 Å². The van der Waals surface area contributed by atoms with Gasteiger partial charge in [0.15, 0.2) is 0 Å². The Hall–Kier alpha value is -7.55. The highest BCUT2D eigenvalue weighted by molar-refractivity contribution is 6.34. The first-order valence-corrected chi connectivity index (χ1v) is 19.6. The molecule has 57 heavy (non-hydrogen) atoms. The number of rotatable bonds is 4. The second-order valence-corrected chi connectivity index (χ2v) is 15.0. The van der Waals surface area contributed by atoms with Crippen LogP contribution in [0.1, 0.15) is 0 Å². The van der Waals surface area contributed by atoms with Crippen LogP contribution < -0.4 is 0 Å². The third-order valence-corrected chi connectivity index (χ3v) is 12.0. The van der Waals surface area contributed by atoms with Crippen molar-refractivity contribution < 1.29 is 0 Å². The number of fused-ring (bicyclic) bond motifs is 7. The minimum atomic E-state index is 0.935. The lowest BCUT2D eigenvalue weighted by molar-refractivity contribution is 1.10. The van der Waals surface area contributed by atoms with Crippen LogP contribution in [0.2, 0.25) is 0 Å². The molecule has 2 heteroatoms. The molecule has 0 fully saturated rings. The smallest absolute Gasteiger partial charge is 0.145 e. The molecule has 0 aliphatic rings. The lowest BCUT2D eigenvalue weighted by Gasteiger charge is -2.17. The zero-order valence-corrected chi connectivity index (χ0v) is 31.0. The van der Waals surface area contributed by atoms with Crippen LogP contribution in [0.3, 0.4) is 0 Å². The average Bonchev–Trinajstić information content (AvgIpc) is 3.68. The highest BCUT2D eigenvalue weighted by Gasteiger charge is 2.18. The molecular formula is C55H34N2. The molecule has 11 aromatic carbocycles. The van der Waals surface area contributed by atoms with Gasteiger partial charge in [0, 0.05) is 11.3 Å². The van der Waals surface area contributed by atoms with Gasteiger partial charge in [-0.15, -0.1) is 0 Å². The zero-order chi connectivity index (χ0) is 37.5. The predicted molar refractivity (Wildman–Crippen MR) is 242 cm³/mol. The monoisotopic (exact) mass is 722 g/mol. The van der Waals surface area contributed by atoms with E-state index in [1.54, 1.807) is 0 Å². The van der Waals surface area contributed by atoms with E-state index in [4.69, 9.17) is 4.98 Å². The van der Waals surface area contributed by atoms with Crippen molar-refractivity contribution in [3.8, 4) is 39.3 Å². The second-order valence-electron chi connectivity index (χ2n) is 15.0. The number of hydrogen-bond acceptors (Lipinski definition) is 1. The molecule has 0 bridgehead atoms. The maximum Gasteiger partial charge on any atom is 0.145 e. The van der Waals surface area contributed by atoms with Gasteiger partial charge >= 0.3 is 0 Å². The van der Waals surface area contributed by atoms with E-state index in [1.807, 2.05) is 0 Å².